The van der Waals surface area contributed by atoms with Crippen LogP contribution in [-0.2, 0) is 15.9 Å². The van der Waals surface area contributed by atoms with Crippen molar-refractivity contribution >= 4 is 26.4 Å². The number of para-hydroxylation sites is 1. The standard InChI is InChI=1S/C28H36N2O4Si/c1-19-15-21(23-9-7-8-10-24(23)29-19)17-32-22-13-11-20(12-14-22)25-16-28(18-31,33-30-25)27(5,6)34-35-26(2,3)4/h7-15,31H,16-18,35H2,1-6H3. The van der Waals surface area contributed by atoms with Gasteiger partial charge in [0.25, 0.3) is 0 Å². The van der Waals surface area contributed by atoms with Gasteiger partial charge in [0.2, 0.25) is 0 Å². The van der Waals surface area contributed by atoms with Crippen LogP contribution in [0.5, 0.6) is 5.75 Å². The van der Waals surface area contributed by atoms with Crippen molar-refractivity contribution in [1.82, 2.24) is 4.98 Å². The van der Waals surface area contributed by atoms with Crippen LogP contribution in [0.1, 0.15) is 57.9 Å². The number of ether oxygens (including phenoxy) is 1. The molecule has 1 aromatic heterocycles. The number of hydrogen-bond acceptors (Lipinski definition) is 6. The van der Waals surface area contributed by atoms with Crippen LogP contribution in [0.4, 0.5) is 0 Å². The monoisotopic (exact) mass is 492 g/mol. The number of nitrogens with zero attached hydrogens (tertiary/aromatic N) is 2. The Kier molecular flexibility index (Phi) is 7.04. The van der Waals surface area contributed by atoms with Crippen molar-refractivity contribution in [1.29, 1.82) is 0 Å². The lowest BCUT2D eigenvalue weighted by Crippen LogP contribution is -2.55. The Hall–Kier alpha value is -2.74. The first-order chi connectivity index (χ1) is 16.5. The molecule has 1 unspecified atom stereocenters. The molecule has 1 aliphatic rings. The first-order valence-corrected chi connectivity index (χ1v) is 13.4. The third-order valence-corrected chi connectivity index (χ3v) is 8.25. The van der Waals surface area contributed by atoms with E-state index >= 15 is 0 Å². The minimum Gasteiger partial charge on any atom is -0.489 e. The normalized spacial score (nSPS) is 18.8. The molecule has 1 atom stereocenters. The molecular weight excluding hydrogens is 456 g/mol. The molecule has 3 aromatic rings. The van der Waals surface area contributed by atoms with Crippen LogP contribution < -0.4 is 4.74 Å². The molecule has 0 bridgehead atoms. The lowest BCUT2D eigenvalue weighted by Gasteiger charge is -2.41. The summed E-state index contributed by atoms with van der Waals surface area (Å²) in [5.41, 5.74) is 3.26. The highest BCUT2D eigenvalue weighted by Gasteiger charge is 2.52. The Morgan fingerprint density at radius 1 is 1.06 bits per heavy atom. The molecule has 186 valence electrons. The number of aromatic nitrogens is 1. The molecule has 2 aromatic carbocycles. The lowest BCUT2D eigenvalue weighted by molar-refractivity contribution is -0.162. The van der Waals surface area contributed by atoms with Crippen molar-refractivity contribution in [3.05, 3.63) is 71.4 Å². The molecule has 7 heteroatoms. The number of hydrogen-bond donors (Lipinski definition) is 1. The van der Waals surface area contributed by atoms with Gasteiger partial charge in [-0.15, -0.1) is 0 Å². The summed E-state index contributed by atoms with van der Waals surface area (Å²) in [6, 6.07) is 18.0. The number of benzene rings is 2. The number of oxime groups is 1. The van der Waals surface area contributed by atoms with E-state index in [1.54, 1.807) is 0 Å². The number of aliphatic hydroxyl groups is 1. The Bertz CT molecular complexity index is 1220. The average molecular weight is 493 g/mol. The summed E-state index contributed by atoms with van der Waals surface area (Å²) in [7, 11) is -0.826. The van der Waals surface area contributed by atoms with E-state index in [9.17, 15) is 5.11 Å². The second kappa shape index (κ2) is 9.72. The summed E-state index contributed by atoms with van der Waals surface area (Å²) in [4.78, 5) is 10.5. The number of pyridine rings is 1. The van der Waals surface area contributed by atoms with Crippen LogP contribution in [0.15, 0.2) is 59.8 Å². The van der Waals surface area contributed by atoms with Crippen LogP contribution in [-0.4, -0.2) is 43.4 Å². The quantitative estimate of drug-likeness (QED) is 0.444. The van der Waals surface area contributed by atoms with Gasteiger partial charge in [0.1, 0.15) is 12.4 Å². The van der Waals surface area contributed by atoms with Crippen LogP contribution in [0, 0.1) is 6.92 Å². The molecule has 0 saturated carbocycles. The molecule has 4 rings (SSSR count). The zero-order valence-corrected chi connectivity index (χ0v) is 23.0. The highest BCUT2D eigenvalue weighted by atomic mass is 28.2. The van der Waals surface area contributed by atoms with E-state index in [4.69, 9.17) is 14.0 Å². The summed E-state index contributed by atoms with van der Waals surface area (Å²) in [5, 5.41) is 15.9. The van der Waals surface area contributed by atoms with Gasteiger partial charge in [0, 0.05) is 23.1 Å². The molecule has 0 spiro atoms. The smallest absolute Gasteiger partial charge is 0.192 e. The third kappa shape index (κ3) is 5.58. The summed E-state index contributed by atoms with van der Waals surface area (Å²) >= 11 is 0. The number of aliphatic hydroxyl groups excluding tert-OH is 1. The fourth-order valence-corrected chi connectivity index (χ4v) is 5.23. The zero-order valence-electron chi connectivity index (χ0n) is 21.6. The minimum atomic E-state index is -0.893. The van der Waals surface area contributed by atoms with Gasteiger partial charge in [0.15, 0.2) is 15.4 Å². The predicted octanol–water partition coefficient (Wildman–Crippen LogP) is 5.08. The van der Waals surface area contributed by atoms with Crippen molar-refractivity contribution in [2.75, 3.05) is 6.61 Å². The third-order valence-electron chi connectivity index (χ3n) is 6.51. The average Bonchev–Trinajstić information content (AvgIpc) is 3.28. The van der Waals surface area contributed by atoms with Crippen LogP contribution in [0.25, 0.3) is 10.9 Å². The van der Waals surface area contributed by atoms with Gasteiger partial charge in [-0.3, -0.25) is 4.98 Å². The van der Waals surface area contributed by atoms with Crippen molar-refractivity contribution in [3.63, 3.8) is 0 Å². The second-order valence-corrected chi connectivity index (χ2v) is 13.8. The van der Waals surface area contributed by atoms with Gasteiger partial charge in [0.05, 0.1) is 23.4 Å². The Balaban J connectivity index is 1.43. The summed E-state index contributed by atoms with van der Waals surface area (Å²) in [6.45, 7) is 12.8. The SMILES string of the molecule is Cc1cc(COc2ccc(C3=NOC(CO)(C(C)(C)O[SiH2]C(C)(C)C)C3)cc2)c2ccccc2n1. The molecule has 0 radical (unpaired) electrons. The fourth-order valence-electron chi connectivity index (χ4n) is 4.18. The van der Waals surface area contributed by atoms with E-state index in [2.05, 4.69) is 43.0 Å². The molecule has 0 fully saturated rings. The van der Waals surface area contributed by atoms with Gasteiger partial charge in [-0.1, -0.05) is 44.1 Å². The number of aryl methyl sites for hydroxylation is 1. The summed E-state index contributed by atoms with van der Waals surface area (Å²) in [6.07, 6.45) is 0.484. The lowest BCUT2D eigenvalue weighted by atomic mass is 9.81. The number of rotatable bonds is 8. The van der Waals surface area contributed by atoms with E-state index in [0.717, 1.165) is 39.2 Å². The first kappa shape index (κ1) is 25.4. The van der Waals surface area contributed by atoms with Crippen LogP contribution in [0.2, 0.25) is 5.04 Å². The Morgan fingerprint density at radius 3 is 2.46 bits per heavy atom. The van der Waals surface area contributed by atoms with E-state index in [-0.39, 0.29) is 11.6 Å². The molecule has 0 saturated heterocycles. The molecule has 0 amide bonds. The van der Waals surface area contributed by atoms with E-state index in [0.29, 0.717) is 13.0 Å². The van der Waals surface area contributed by atoms with Gasteiger partial charge >= 0.3 is 0 Å². The maximum Gasteiger partial charge on any atom is 0.192 e. The largest absolute Gasteiger partial charge is 0.489 e. The fraction of sp³-hybridized carbons (Fsp3) is 0.429. The first-order valence-electron chi connectivity index (χ1n) is 12.1. The highest BCUT2D eigenvalue weighted by molar-refractivity contribution is 6.31. The number of fused-ring (bicyclic) bond motifs is 1. The van der Waals surface area contributed by atoms with Crippen molar-refractivity contribution in [3.8, 4) is 5.75 Å². The minimum absolute atomic E-state index is 0.146. The molecule has 0 aliphatic carbocycles. The Morgan fingerprint density at radius 2 is 1.77 bits per heavy atom. The van der Waals surface area contributed by atoms with E-state index in [1.807, 2.05) is 63.2 Å². The highest BCUT2D eigenvalue weighted by Crippen LogP contribution is 2.39. The predicted molar refractivity (Wildman–Crippen MR) is 143 cm³/mol. The maximum atomic E-state index is 10.3. The summed E-state index contributed by atoms with van der Waals surface area (Å²) < 4.78 is 12.4. The van der Waals surface area contributed by atoms with Gasteiger partial charge in [-0.25, -0.2) is 0 Å². The van der Waals surface area contributed by atoms with Crippen LogP contribution in [0.3, 0.4) is 0 Å². The molecule has 1 aliphatic heterocycles. The zero-order chi connectivity index (χ0) is 25.3. The van der Waals surface area contributed by atoms with Gasteiger partial charge in [-0.05, 0) is 67.8 Å². The second-order valence-electron chi connectivity index (χ2n) is 11.1. The van der Waals surface area contributed by atoms with Gasteiger partial charge < -0.3 is 19.1 Å². The van der Waals surface area contributed by atoms with Gasteiger partial charge in [-0.2, -0.15) is 0 Å². The summed E-state index contributed by atoms with van der Waals surface area (Å²) in [5.74, 6) is 0.778. The Labute approximate surface area is 210 Å². The topological polar surface area (TPSA) is 73.2 Å². The maximum absolute atomic E-state index is 10.3. The molecule has 6 nitrogen and oxygen atoms in total. The van der Waals surface area contributed by atoms with Crippen molar-refractivity contribution < 1.29 is 19.1 Å². The van der Waals surface area contributed by atoms with Crippen molar-refractivity contribution in [2.24, 2.45) is 5.16 Å². The molecule has 1 N–H and O–H groups in total. The van der Waals surface area contributed by atoms with Crippen molar-refractivity contribution in [2.45, 2.75) is 70.8 Å². The molecule has 35 heavy (non-hydrogen) atoms. The van der Waals surface area contributed by atoms with E-state index < -0.39 is 21.0 Å². The van der Waals surface area contributed by atoms with E-state index in [1.165, 1.54) is 0 Å². The van der Waals surface area contributed by atoms with Crippen LogP contribution >= 0.6 is 0 Å². The molecule has 2 heterocycles. The molecular formula is C28H36N2O4Si.